The number of ether oxygens (including phenoxy) is 1. The Morgan fingerprint density at radius 3 is 2.06 bits per heavy atom. The molecule has 0 aromatic heterocycles. The molecular formula is C27H28N2O2S. The Bertz CT molecular complexity index is 972. The Labute approximate surface area is 195 Å². The molecule has 5 heteroatoms. The van der Waals surface area contributed by atoms with Crippen LogP contribution in [0.15, 0.2) is 91.0 Å². The zero-order valence-electron chi connectivity index (χ0n) is 18.1. The smallest absolute Gasteiger partial charge is 0.329 e. The van der Waals surface area contributed by atoms with Crippen LogP contribution >= 0.6 is 12.2 Å². The predicted molar refractivity (Wildman–Crippen MR) is 133 cm³/mol. The standard InChI is InChI=1S/C27H28N2O2S/c30-27(29(23-15-6-2-7-16-23)24-17-8-3-9-18-24)28-20-10-19-25(28)26(32)31-21-11-14-22-12-4-1-5-13-22/h1-9,12-13,15-18,25H,10-11,14,19-21H2/t25-/m0/s1. The van der Waals surface area contributed by atoms with Crippen LogP contribution in [0.4, 0.5) is 16.2 Å². The zero-order valence-corrected chi connectivity index (χ0v) is 18.9. The summed E-state index contributed by atoms with van der Waals surface area (Å²) in [6.45, 7) is 1.24. The monoisotopic (exact) mass is 444 g/mol. The number of urea groups is 1. The van der Waals surface area contributed by atoms with Crippen molar-refractivity contribution >= 4 is 34.7 Å². The van der Waals surface area contributed by atoms with Crippen LogP contribution in [-0.4, -0.2) is 35.2 Å². The average molecular weight is 445 g/mol. The third-order valence-corrected chi connectivity index (χ3v) is 6.08. The molecule has 1 aliphatic rings. The minimum absolute atomic E-state index is 0.0693. The number of carbonyl (C=O) groups excluding carboxylic acids is 1. The van der Waals surface area contributed by atoms with Crippen LogP contribution in [0.25, 0.3) is 0 Å². The second kappa shape index (κ2) is 10.9. The fourth-order valence-electron chi connectivity index (χ4n) is 4.08. The van der Waals surface area contributed by atoms with Crippen LogP contribution in [-0.2, 0) is 11.2 Å². The van der Waals surface area contributed by atoms with Gasteiger partial charge in [-0.15, -0.1) is 0 Å². The van der Waals surface area contributed by atoms with Gasteiger partial charge in [-0.3, -0.25) is 4.90 Å². The van der Waals surface area contributed by atoms with Crippen molar-refractivity contribution in [1.82, 2.24) is 4.90 Å². The van der Waals surface area contributed by atoms with Crippen molar-refractivity contribution in [1.29, 1.82) is 0 Å². The maximum atomic E-state index is 13.7. The Kier molecular flexibility index (Phi) is 7.51. The summed E-state index contributed by atoms with van der Waals surface area (Å²) in [7, 11) is 0. The molecule has 32 heavy (non-hydrogen) atoms. The number of para-hydroxylation sites is 2. The van der Waals surface area contributed by atoms with Gasteiger partial charge in [0.2, 0.25) is 0 Å². The summed E-state index contributed by atoms with van der Waals surface area (Å²) in [5.41, 5.74) is 2.97. The zero-order chi connectivity index (χ0) is 22.2. The highest BCUT2D eigenvalue weighted by Crippen LogP contribution is 2.30. The first kappa shape index (κ1) is 22.0. The van der Waals surface area contributed by atoms with Crippen molar-refractivity contribution in [2.75, 3.05) is 18.1 Å². The highest BCUT2D eigenvalue weighted by Gasteiger charge is 2.36. The number of likely N-dealkylation sites (tertiary alicyclic amines) is 1. The minimum Gasteiger partial charge on any atom is -0.485 e. The van der Waals surface area contributed by atoms with E-state index in [1.807, 2.05) is 83.8 Å². The Hall–Kier alpha value is -3.18. The van der Waals surface area contributed by atoms with Crippen molar-refractivity contribution in [2.45, 2.75) is 31.7 Å². The van der Waals surface area contributed by atoms with Crippen LogP contribution in [0.3, 0.4) is 0 Å². The van der Waals surface area contributed by atoms with E-state index in [0.29, 0.717) is 18.2 Å². The van der Waals surface area contributed by atoms with E-state index >= 15 is 0 Å². The SMILES string of the molecule is O=C(N(c1ccccc1)c1ccccc1)N1CCC[C@H]1C(=S)OCCCc1ccccc1. The predicted octanol–water partition coefficient (Wildman–Crippen LogP) is 6.39. The number of aryl methyl sites for hydroxylation is 1. The van der Waals surface area contributed by atoms with E-state index < -0.39 is 0 Å². The third-order valence-electron chi connectivity index (χ3n) is 5.69. The lowest BCUT2D eigenvalue weighted by atomic mass is 10.1. The fourth-order valence-corrected chi connectivity index (χ4v) is 4.41. The van der Waals surface area contributed by atoms with Crippen LogP contribution in [0.2, 0.25) is 0 Å². The van der Waals surface area contributed by atoms with E-state index in [2.05, 4.69) is 12.1 Å². The van der Waals surface area contributed by atoms with Crippen LogP contribution in [0.1, 0.15) is 24.8 Å². The minimum atomic E-state index is -0.177. The van der Waals surface area contributed by atoms with Crippen molar-refractivity contribution in [3.05, 3.63) is 96.6 Å². The topological polar surface area (TPSA) is 32.8 Å². The molecule has 0 bridgehead atoms. The second-order valence-corrected chi connectivity index (χ2v) is 8.30. The third kappa shape index (κ3) is 5.35. The first-order valence-electron chi connectivity index (χ1n) is 11.2. The number of carbonyl (C=O) groups is 1. The van der Waals surface area contributed by atoms with E-state index in [9.17, 15) is 4.79 Å². The molecule has 0 saturated carbocycles. The molecule has 2 amide bonds. The summed E-state index contributed by atoms with van der Waals surface area (Å²) >= 11 is 5.63. The van der Waals surface area contributed by atoms with Crippen LogP contribution in [0.5, 0.6) is 0 Å². The molecule has 0 N–H and O–H groups in total. The number of thiocarbonyl (C=S) groups is 1. The quantitative estimate of drug-likeness (QED) is 0.313. The maximum Gasteiger partial charge on any atom is 0.329 e. The van der Waals surface area contributed by atoms with Crippen LogP contribution < -0.4 is 4.90 Å². The molecule has 4 rings (SSSR count). The van der Waals surface area contributed by atoms with Crippen molar-refractivity contribution < 1.29 is 9.53 Å². The number of hydrogen-bond donors (Lipinski definition) is 0. The van der Waals surface area contributed by atoms with E-state index in [-0.39, 0.29) is 12.1 Å². The summed E-state index contributed by atoms with van der Waals surface area (Å²) < 4.78 is 5.94. The molecule has 1 heterocycles. The van der Waals surface area contributed by atoms with E-state index in [1.165, 1.54) is 5.56 Å². The molecule has 0 spiro atoms. The molecule has 3 aromatic carbocycles. The molecule has 1 atom stereocenters. The summed E-state index contributed by atoms with van der Waals surface area (Å²) in [5, 5.41) is 0.519. The van der Waals surface area contributed by atoms with Crippen molar-refractivity contribution in [3.63, 3.8) is 0 Å². The molecular weight excluding hydrogens is 416 g/mol. The normalized spacial score (nSPS) is 15.4. The first-order chi connectivity index (χ1) is 15.7. The second-order valence-electron chi connectivity index (χ2n) is 7.90. The van der Waals surface area contributed by atoms with E-state index in [1.54, 1.807) is 4.90 Å². The number of amides is 2. The number of rotatable bonds is 7. The number of nitrogens with zero attached hydrogens (tertiary/aromatic N) is 2. The number of hydrogen-bond acceptors (Lipinski definition) is 3. The molecule has 1 fully saturated rings. The summed E-state index contributed by atoms with van der Waals surface area (Å²) in [5.74, 6) is 0. The maximum absolute atomic E-state index is 13.7. The molecule has 0 radical (unpaired) electrons. The lowest BCUT2D eigenvalue weighted by molar-refractivity contribution is 0.203. The Morgan fingerprint density at radius 2 is 1.47 bits per heavy atom. The van der Waals surface area contributed by atoms with Crippen LogP contribution in [0, 0.1) is 0 Å². The van der Waals surface area contributed by atoms with E-state index in [4.69, 9.17) is 17.0 Å². The summed E-state index contributed by atoms with van der Waals surface area (Å²) in [4.78, 5) is 17.3. The molecule has 164 valence electrons. The van der Waals surface area contributed by atoms with Gasteiger partial charge in [-0.05, 0) is 67.7 Å². The van der Waals surface area contributed by atoms with Gasteiger partial charge in [-0.25, -0.2) is 4.79 Å². The Morgan fingerprint density at radius 1 is 0.906 bits per heavy atom. The molecule has 0 aliphatic carbocycles. The number of anilines is 2. The molecule has 1 aliphatic heterocycles. The van der Waals surface area contributed by atoms with Gasteiger partial charge in [-0.2, -0.15) is 0 Å². The van der Waals surface area contributed by atoms with E-state index in [0.717, 1.165) is 37.1 Å². The van der Waals surface area contributed by atoms with Gasteiger partial charge < -0.3 is 9.64 Å². The van der Waals surface area contributed by atoms with Gasteiger partial charge in [0.15, 0.2) is 5.05 Å². The largest absolute Gasteiger partial charge is 0.485 e. The fraction of sp³-hybridized carbons (Fsp3) is 0.259. The van der Waals surface area contributed by atoms with Crippen molar-refractivity contribution in [3.8, 4) is 0 Å². The molecule has 4 nitrogen and oxygen atoms in total. The summed E-state index contributed by atoms with van der Waals surface area (Å²) in [6.07, 6.45) is 3.60. The summed E-state index contributed by atoms with van der Waals surface area (Å²) in [6, 6.07) is 29.6. The van der Waals surface area contributed by atoms with Gasteiger partial charge in [-0.1, -0.05) is 66.7 Å². The van der Waals surface area contributed by atoms with Gasteiger partial charge in [0.1, 0.15) is 6.04 Å². The van der Waals surface area contributed by atoms with Gasteiger partial charge in [0.05, 0.1) is 18.0 Å². The Balaban J connectivity index is 1.42. The van der Waals surface area contributed by atoms with Crippen molar-refractivity contribution in [2.24, 2.45) is 0 Å². The van der Waals surface area contributed by atoms with Gasteiger partial charge in [0, 0.05) is 6.54 Å². The van der Waals surface area contributed by atoms with Gasteiger partial charge in [0.25, 0.3) is 0 Å². The average Bonchev–Trinajstić information content (AvgIpc) is 3.34. The molecule has 0 unspecified atom stereocenters. The first-order valence-corrected chi connectivity index (χ1v) is 11.6. The lowest BCUT2D eigenvalue weighted by Gasteiger charge is -2.32. The highest BCUT2D eigenvalue weighted by atomic mass is 32.1. The molecule has 1 saturated heterocycles. The lowest BCUT2D eigenvalue weighted by Crippen LogP contribution is -2.46. The number of benzene rings is 3. The van der Waals surface area contributed by atoms with Gasteiger partial charge >= 0.3 is 6.03 Å². The highest BCUT2D eigenvalue weighted by molar-refractivity contribution is 7.80. The molecule has 3 aromatic rings.